The van der Waals surface area contributed by atoms with Crippen LogP contribution >= 0.6 is 0 Å². The molecule has 45 heavy (non-hydrogen) atoms. The Morgan fingerprint density at radius 3 is 1.84 bits per heavy atom. The van der Waals surface area contributed by atoms with Gasteiger partial charge in [0.05, 0.1) is 5.69 Å². The average Bonchev–Trinajstić information content (AvgIpc) is 3.68. The molecule has 0 spiro atoms. The minimum absolute atomic E-state index is 0.509. The molecule has 0 saturated heterocycles. The Labute approximate surface area is 267 Å². The van der Waals surface area contributed by atoms with Crippen molar-refractivity contribution in [3.8, 4) is 22.4 Å². The van der Waals surface area contributed by atoms with Crippen LogP contribution in [0.3, 0.4) is 0 Å². The van der Waals surface area contributed by atoms with Gasteiger partial charge in [-0.15, -0.1) is 10.0 Å². The number of quaternary nitrogens is 1. The Hall–Kier alpha value is -4.22. The summed E-state index contributed by atoms with van der Waals surface area (Å²) in [5.74, 6) is 1.67. The van der Waals surface area contributed by atoms with Crippen LogP contribution in [0.1, 0.15) is 41.5 Å². The predicted molar refractivity (Wildman–Crippen MR) is 189 cm³/mol. The highest BCUT2D eigenvalue weighted by atomic mass is 16.1. The van der Waals surface area contributed by atoms with Crippen LogP contribution in [0.4, 0.5) is 0 Å². The van der Waals surface area contributed by atoms with E-state index in [4.69, 9.17) is 0 Å². The van der Waals surface area contributed by atoms with Gasteiger partial charge in [-0.25, -0.2) is 0 Å². The molecule has 226 valence electrons. The maximum Gasteiger partial charge on any atom is 0.131 e. The fourth-order valence-electron chi connectivity index (χ4n) is 8.76. The second-order valence-corrected chi connectivity index (χ2v) is 13.6. The van der Waals surface area contributed by atoms with Gasteiger partial charge in [0, 0.05) is 33.8 Å². The van der Waals surface area contributed by atoms with Gasteiger partial charge in [0.25, 0.3) is 0 Å². The molecule has 4 heteroatoms. The topological polar surface area (TPSA) is 11.4 Å². The number of nitrogens with zero attached hydrogens (tertiary/aromatic N) is 4. The van der Waals surface area contributed by atoms with Crippen LogP contribution < -0.4 is 4.81 Å². The lowest BCUT2D eigenvalue weighted by Crippen LogP contribution is -2.70. The minimum atomic E-state index is 0.509. The van der Waals surface area contributed by atoms with Crippen molar-refractivity contribution in [1.29, 1.82) is 0 Å². The highest BCUT2D eigenvalue weighted by Gasteiger charge is 2.44. The number of fused-ring (bicyclic) bond motifs is 8. The van der Waals surface area contributed by atoms with E-state index in [0.29, 0.717) is 22.6 Å². The van der Waals surface area contributed by atoms with Crippen LogP contribution in [0.2, 0.25) is 0 Å². The average molecular weight is 592 g/mol. The molecule has 2 aliphatic rings. The molecule has 4 nitrogen and oxygen atoms in total. The molecule has 8 rings (SSSR count). The molecule has 0 aliphatic heterocycles. The highest BCUT2D eigenvalue weighted by Crippen LogP contribution is 2.57. The van der Waals surface area contributed by atoms with Gasteiger partial charge < -0.3 is 0 Å². The molecule has 0 bridgehead atoms. The molecule has 1 fully saturated rings. The summed E-state index contributed by atoms with van der Waals surface area (Å²) in [5, 5.41) is 9.77. The van der Waals surface area contributed by atoms with Crippen molar-refractivity contribution in [1.82, 2.24) is 19.5 Å². The number of aromatic nitrogens is 1. The van der Waals surface area contributed by atoms with Crippen LogP contribution in [0, 0.1) is 5.92 Å². The lowest BCUT2D eigenvalue weighted by atomic mass is 9.70. The van der Waals surface area contributed by atoms with Gasteiger partial charge in [0.2, 0.25) is 0 Å². The second kappa shape index (κ2) is 10.7. The Morgan fingerprint density at radius 2 is 1.20 bits per heavy atom. The molecule has 2 aliphatic carbocycles. The van der Waals surface area contributed by atoms with Gasteiger partial charge in [-0.3, -0.25) is 0 Å². The van der Waals surface area contributed by atoms with Gasteiger partial charge in [-0.1, -0.05) is 102 Å². The van der Waals surface area contributed by atoms with E-state index in [2.05, 4.69) is 165 Å². The standard InChI is InChI=1S/C41H43N4/c1-42(2)45(5,43(3)4)44-31(23-25-39(44)41-32-16-8-6-14-28(32)26-29-15-7-9-17-33(29)41)27-30-22-24-38-36-20-11-10-18-34(36)35-19-12-13-21-37(35)40(30)38/h6-21,23,25-26,30,38,40H,22,24,27H2,1-5H3/q+1. The Morgan fingerprint density at radius 1 is 0.644 bits per heavy atom. The Balaban J connectivity index is 1.32. The van der Waals surface area contributed by atoms with Crippen molar-refractivity contribution >= 4 is 21.5 Å². The first-order chi connectivity index (χ1) is 21.9. The quantitative estimate of drug-likeness (QED) is 0.109. The fraction of sp³-hybridized carbons (Fsp3) is 0.268. The summed E-state index contributed by atoms with van der Waals surface area (Å²) in [4.78, 5) is 0.509. The van der Waals surface area contributed by atoms with Crippen molar-refractivity contribution in [2.75, 3.05) is 35.2 Å². The van der Waals surface area contributed by atoms with E-state index in [-0.39, 0.29) is 0 Å². The van der Waals surface area contributed by atoms with Crippen LogP contribution in [0.15, 0.2) is 115 Å². The SMILES string of the molecule is CN(C)[N+](C)(N(C)C)n1c(CC2CCC3c4ccccc4-c4ccccc4C23)ccc1-c1c2ccccc2cc2ccccc12. The van der Waals surface area contributed by atoms with Crippen molar-refractivity contribution in [2.24, 2.45) is 5.92 Å². The van der Waals surface area contributed by atoms with Crippen LogP contribution in [0.5, 0.6) is 0 Å². The van der Waals surface area contributed by atoms with E-state index in [1.165, 1.54) is 62.5 Å². The molecule has 0 amide bonds. The normalized spacial score (nSPS) is 19.3. The molecule has 3 unspecified atom stereocenters. The lowest BCUT2D eigenvalue weighted by molar-refractivity contribution is -0.188. The maximum absolute atomic E-state index is 2.60. The number of benzene rings is 5. The molecule has 0 N–H and O–H groups in total. The summed E-state index contributed by atoms with van der Waals surface area (Å²) in [5.41, 5.74) is 9.91. The van der Waals surface area contributed by atoms with Gasteiger partial charge in [0.15, 0.2) is 0 Å². The van der Waals surface area contributed by atoms with E-state index < -0.39 is 0 Å². The summed E-state index contributed by atoms with van der Waals surface area (Å²) in [6.45, 7) is 0. The van der Waals surface area contributed by atoms with E-state index in [1.54, 1.807) is 11.1 Å². The molecular formula is C41H43N4+. The van der Waals surface area contributed by atoms with Crippen molar-refractivity contribution in [3.05, 3.63) is 132 Å². The Bertz CT molecular complexity index is 1990. The van der Waals surface area contributed by atoms with E-state index >= 15 is 0 Å². The third-order valence-corrected chi connectivity index (χ3v) is 11.1. The third-order valence-electron chi connectivity index (χ3n) is 11.1. The summed E-state index contributed by atoms with van der Waals surface area (Å²) in [6, 6.07) is 43.3. The number of rotatable bonds is 6. The molecule has 0 radical (unpaired) electrons. The monoisotopic (exact) mass is 591 g/mol. The molecule has 6 aromatic rings. The summed E-state index contributed by atoms with van der Waals surface area (Å²) in [6.07, 6.45) is 3.52. The molecule has 5 aromatic carbocycles. The molecule has 1 saturated carbocycles. The zero-order chi connectivity index (χ0) is 30.9. The Kier molecular flexibility index (Phi) is 6.72. The number of hydrogen-bond acceptors (Lipinski definition) is 2. The van der Waals surface area contributed by atoms with Gasteiger partial charge in [-0.2, -0.15) is 4.68 Å². The highest BCUT2D eigenvalue weighted by molar-refractivity contribution is 6.12. The van der Waals surface area contributed by atoms with Crippen LogP contribution in [-0.4, -0.2) is 49.9 Å². The van der Waals surface area contributed by atoms with Crippen molar-refractivity contribution in [2.45, 2.75) is 31.1 Å². The molecule has 3 atom stereocenters. The van der Waals surface area contributed by atoms with Gasteiger partial charge in [0.1, 0.15) is 12.7 Å². The van der Waals surface area contributed by atoms with Gasteiger partial charge >= 0.3 is 0 Å². The first-order valence-electron chi connectivity index (χ1n) is 16.4. The summed E-state index contributed by atoms with van der Waals surface area (Å²) < 4.78 is 2.60. The fourth-order valence-corrected chi connectivity index (χ4v) is 8.76. The molecular weight excluding hydrogens is 548 g/mol. The smallest absolute Gasteiger partial charge is 0.131 e. The summed E-state index contributed by atoms with van der Waals surface area (Å²) >= 11 is 0. The molecule has 1 heterocycles. The molecule has 1 aromatic heterocycles. The van der Waals surface area contributed by atoms with Gasteiger partial charge in [-0.05, 0) is 99.0 Å². The summed E-state index contributed by atoms with van der Waals surface area (Å²) in [7, 11) is 11.1. The van der Waals surface area contributed by atoms with E-state index in [9.17, 15) is 0 Å². The van der Waals surface area contributed by atoms with E-state index in [0.717, 1.165) is 6.42 Å². The van der Waals surface area contributed by atoms with Crippen molar-refractivity contribution < 1.29 is 0 Å². The first kappa shape index (κ1) is 28.3. The first-order valence-corrected chi connectivity index (χ1v) is 16.4. The van der Waals surface area contributed by atoms with Crippen LogP contribution in [0.25, 0.3) is 43.9 Å². The predicted octanol–water partition coefficient (Wildman–Crippen LogP) is 8.98. The largest absolute Gasteiger partial charge is 0.157 e. The second-order valence-electron chi connectivity index (χ2n) is 13.6. The van der Waals surface area contributed by atoms with E-state index in [1.807, 2.05) is 0 Å². The zero-order valence-electron chi connectivity index (χ0n) is 27.1. The third kappa shape index (κ3) is 4.24. The number of hydrogen-bond donors (Lipinski definition) is 0. The minimum Gasteiger partial charge on any atom is -0.157 e. The zero-order valence-corrected chi connectivity index (χ0v) is 27.1. The lowest BCUT2D eigenvalue weighted by Gasteiger charge is -2.44. The van der Waals surface area contributed by atoms with Crippen LogP contribution in [-0.2, 0) is 6.42 Å². The maximum atomic E-state index is 2.60. The van der Waals surface area contributed by atoms with Crippen molar-refractivity contribution in [3.63, 3.8) is 0 Å².